The Labute approximate surface area is 110 Å². The van der Waals surface area contributed by atoms with Gasteiger partial charge in [0.05, 0.1) is 11.9 Å². The number of hydrogen-bond donors (Lipinski definition) is 2. The Morgan fingerprint density at radius 1 is 1.39 bits per heavy atom. The Hall–Kier alpha value is -1.88. The van der Waals surface area contributed by atoms with E-state index in [-0.39, 0.29) is 5.91 Å². The second-order valence-corrected chi connectivity index (χ2v) is 4.56. The summed E-state index contributed by atoms with van der Waals surface area (Å²) in [6.07, 6.45) is 1.67. The van der Waals surface area contributed by atoms with E-state index in [9.17, 15) is 4.79 Å². The van der Waals surface area contributed by atoms with Crippen LogP contribution in [0.5, 0.6) is 0 Å². The van der Waals surface area contributed by atoms with Crippen molar-refractivity contribution >= 4 is 22.9 Å². The number of nitrogens with one attached hydrogen (secondary N) is 2. The van der Waals surface area contributed by atoms with E-state index in [0.29, 0.717) is 12.2 Å². The second-order valence-electron chi connectivity index (χ2n) is 3.78. The predicted octanol–water partition coefficient (Wildman–Crippen LogP) is 2.50. The summed E-state index contributed by atoms with van der Waals surface area (Å²) < 4.78 is 0. The van der Waals surface area contributed by atoms with Gasteiger partial charge in [-0.05, 0) is 41.4 Å². The second kappa shape index (κ2) is 6.16. The molecule has 4 nitrogen and oxygen atoms in total. The van der Waals surface area contributed by atoms with Gasteiger partial charge >= 0.3 is 0 Å². The lowest BCUT2D eigenvalue weighted by Crippen LogP contribution is -2.23. The molecule has 0 saturated heterocycles. The van der Waals surface area contributed by atoms with Gasteiger partial charge < -0.3 is 10.6 Å². The highest BCUT2D eigenvalue weighted by molar-refractivity contribution is 7.07. The first kappa shape index (κ1) is 12.6. The molecular formula is C13H15N3OS. The molecule has 2 aromatic rings. The van der Waals surface area contributed by atoms with Crippen LogP contribution < -0.4 is 10.6 Å². The van der Waals surface area contributed by atoms with Crippen molar-refractivity contribution in [1.82, 2.24) is 10.3 Å². The molecule has 0 spiro atoms. The van der Waals surface area contributed by atoms with Crippen LogP contribution in [-0.4, -0.2) is 17.4 Å². The summed E-state index contributed by atoms with van der Waals surface area (Å²) in [6, 6.07) is 5.57. The summed E-state index contributed by atoms with van der Waals surface area (Å²) in [5.41, 5.74) is 2.47. The summed E-state index contributed by atoms with van der Waals surface area (Å²) >= 11 is 1.62. The van der Waals surface area contributed by atoms with Crippen molar-refractivity contribution in [1.29, 1.82) is 0 Å². The smallest absolute Gasteiger partial charge is 0.270 e. The normalized spacial score (nSPS) is 10.1. The summed E-state index contributed by atoms with van der Waals surface area (Å²) in [4.78, 5) is 15.9. The number of hydrogen-bond acceptors (Lipinski definition) is 4. The molecule has 0 unspecified atom stereocenters. The van der Waals surface area contributed by atoms with Crippen molar-refractivity contribution in [3.63, 3.8) is 0 Å². The van der Waals surface area contributed by atoms with Crippen molar-refractivity contribution in [3.8, 4) is 0 Å². The zero-order valence-electron chi connectivity index (χ0n) is 10.1. The van der Waals surface area contributed by atoms with E-state index in [1.165, 1.54) is 0 Å². The van der Waals surface area contributed by atoms with Gasteiger partial charge in [0, 0.05) is 13.1 Å². The SMILES string of the molecule is CCNc1ccc(C(=O)NCc2ccsc2)nc1. The summed E-state index contributed by atoms with van der Waals surface area (Å²) in [5.74, 6) is -0.149. The Morgan fingerprint density at radius 3 is 2.89 bits per heavy atom. The van der Waals surface area contributed by atoms with E-state index in [2.05, 4.69) is 15.6 Å². The fourth-order valence-corrected chi connectivity index (χ4v) is 2.17. The minimum atomic E-state index is -0.149. The zero-order valence-corrected chi connectivity index (χ0v) is 11.0. The average Bonchev–Trinajstić information content (AvgIpc) is 2.90. The molecule has 0 aliphatic carbocycles. The molecule has 0 saturated carbocycles. The molecule has 18 heavy (non-hydrogen) atoms. The molecule has 0 aromatic carbocycles. The van der Waals surface area contributed by atoms with E-state index in [1.54, 1.807) is 23.6 Å². The number of anilines is 1. The molecule has 0 atom stereocenters. The van der Waals surface area contributed by atoms with Crippen molar-refractivity contribution in [2.24, 2.45) is 0 Å². The predicted molar refractivity (Wildman–Crippen MR) is 73.9 cm³/mol. The molecule has 1 amide bonds. The van der Waals surface area contributed by atoms with Crippen LogP contribution in [0.2, 0.25) is 0 Å². The molecule has 2 aromatic heterocycles. The number of rotatable bonds is 5. The Bertz CT molecular complexity index is 493. The lowest BCUT2D eigenvalue weighted by atomic mass is 10.3. The van der Waals surface area contributed by atoms with Crippen molar-refractivity contribution in [3.05, 3.63) is 46.4 Å². The van der Waals surface area contributed by atoms with Gasteiger partial charge in [0.15, 0.2) is 0 Å². The first-order valence-electron chi connectivity index (χ1n) is 5.79. The third-order valence-corrected chi connectivity index (χ3v) is 3.14. The third kappa shape index (κ3) is 3.30. The number of carbonyl (C=O) groups is 1. The number of aromatic nitrogens is 1. The van der Waals surface area contributed by atoms with Crippen molar-refractivity contribution in [2.45, 2.75) is 13.5 Å². The number of nitrogens with zero attached hydrogens (tertiary/aromatic N) is 1. The summed E-state index contributed by atoms with van der Waals surface area (Å²) in [7, 11) is 0. The summed E-state index contributed by atoms with van der Waals surface area (Å²) in [6.45, 7) is 3.39. The Kier molecular flexibility index (Phi) is 4.30. The van der Waals surface area contributed by atoms with Gasteiger partial charge in [-0.25, -0.2) is 4.98 Å². The number of carbonyl (C=O) groups excluding carboxylic acids is 1. The first-order chi connectivity index (χ1) is 8.79. The molecule has 2 heterocycles. The molecule has 2 N–H and O–H groups in total. The fourth-order valence-electron chi connectivity index (χ4n) is 1.50. The van der Waals surface area contributed by atoms with Gasteiger partial charge in [0.25, 0.3) is 5.91 Å². The Morgan fingerprint density at radius 2 is 2.28 bits per heavy atom. The monoisotopic (exact) mass is 261 g/mol. The molecule has 5 heteroatoms. The number of amides is 1. The minimum Gasteiger partial charge on any atom is -0.384 e. The number of thiophene rings is 1. The van der Waals surface area contributed by atoms with Crippen LogP contribution in [0.15, 0.2) is 35.2 Å². The molecule has 0 aliphatic rings. The topological polar surface area (TPSA) is 54.0 Å². The van der Waals surface area contributed by atoms with Gasteiger partial charge in [-0.15, -0.1) is 0 Å². The zero-order chi connectivity index (χ0) is 12.8. The molecule has 0 fully saturated rings. The van der Waals surface area contributed by atoms with Crippen LogP contribution in [0.4, 0.5) is 5.69 Å². The highest BCUT2D eigenvalue weighted by atomic mass is 32.1. The number of pyridine rings is 1. The lowest BCUT2D eigenvalue weighted by molar-refractivity contribution is 0.0946. The van der Waals surface area contributed by atoms with Crippen LogP contribution >= 0.6 is 11.3 Å². The lowest BCUT2D eigenvalue weighted by Gasteiger charge is -2.05. The van der Waals surface area contributed by atoms with Crippen molar-refractivity contribution < 1.29 is 4.79 Å². The van der Waals surface area contributed by atoms with E-state index in [4.69, 9.17) is 0 Å². The van der Waals surface area contributed by atoms with Crippen LogP contribution in [0.1, 0.15) is 23.0 Å². The van der Waals surface area contributed by atoms with Crippen LogP contribution in [0, 0.1) is 0 Å². The molecule has 0 bridgehead atoms. The highest BCUT2D eigenvalue weighted by Crippen LogP contribution is 2.07. The van der Waals surface area contributed by atoms with Crippen molar-refractivity contribution in [2.75, 3.05) is 11.9 Å². The first-order valence-corrected chi connectivity index (χ1v) is 6.73. The molecule has 0 aliphatic heterocycles. The standard InChI is InChI=1S/C13H15N3OS/c1-2-14-11-3-4-12(15-8-11)13(17)16-7-10-5-6-18-9-10/h3-6,8-9,14H,2,7H2,1H3,(H,16,17). The van der Waals surface area contributed by atoms with Gasteiger partial charge in [-0.1, -0.05) is 0 Å². The molecule has 2 rings (SSSR count). The highest BCUT2D eigenvalue weighted by Gasteiger charge is 2.06. The summed E-state index contributed by atoms with van der Waals surface area (Å²) in [5, 5.41) is 9.98. The maximum Gasteiger partial charge on any atom is 0.270 e. The van der Waals surface area contributed by atoms with Gasteiger partial charge in [0.1, 0.15) is 5.69 Å². The maximum atomic E-state index is 11.8. The molecular weight excluding hydrogens is 246 g/mol. The van der Waals surface area contributed by atoms with Gasteiger partial charge in [-0.2, -0.15) is 11.3 Å². The van der Waals surface area contributed by atoms with Crippen LogP contribution in [0.25, 0.3) is 0 Å². The van der Waals surface area contributed by atoms with Gasteiger partial charge in [-0.3, -0.25) is 4.79 Å². The fraction of sp³-hybridized carbons (Fsp3) is 0.231. The molecule has 0 radical (unpaired) electrons. The van der Waals surface area contributed by atoms with Gasteiger partial charge in [0.2, 0.25) is 0 Å². The van der Waals surface area contributed by atoms with E-state index in [0.717, 1.165) is 17.8 Å². The average molecular weight is 261 g/mol. The van der Waals surface area contributed by atoms with E-state index < -0.39 is 0 Å². The maximum absolute atomic E-state index is 11.8. The largest absolute Gasteiger partial charge is 0.384 e. The minimum absolute atomic E-state index is 0.149. The van der Waals surface area contributed by atoms with E-state index in [1.807, 2.05) is 29.8 Å². The molecule has 94 valence electrons. The van der Waals surface area contributed by atoms with Crippen LogP contribution in [-0.2, 0) is 6.54 Å². The third-order valence-electron chi connectivity index (χ3n) is 2.41. The quantitative estimate of drug-likeness (QED) is 0.869. The van der Waals surface area contributed by atoms with Crippen LogP contribution in [0.3, 0.4) is 0 Å². The Balaban J connectivity index is 1.92. The van der Waals surface area contributed by atoms with E-state index >= 15 is 0 Å².